The number of aliphatic hydroxyl groups is 1. The lowest BCUT2D eigenvalue weighted by molar-refractivity contribution is -0.142. The molecular weight excluding hydrogens is 360 g/mol. The molecule has 2 heterocycles. The standard InChI is InChI=1S/C11H11NO3.C10H11NO2/c1-14-11(13)9-7-15-10(12-9)8-5-3-2-4-6-8;12-6-9-7-13-10(11-9)8-4-2-1-3-5-8/h2-6,9H,7H2,1H3;1-5,9,12H,6-7H2/t2*9-/m10/s1. The van der Waals surface area contributed by atoms with Crippen LogP contribution in [0.15, 0.2) is 70.6 Å². The minimum Gasteiger partial charge on any atom is -0.475 e. The van der Waals surface area contributed by atoms with Gasteiger partial charge < -0.3 is 19.3 Å². The number of benzene rings is 2. The zero-order chi connectivity index (χ0) is 19.8. The molecule has 0 spiro atoms. The van der Waals surface area contributed by atoms with Crippen LogP contribution in [0.5, 0.6) is 0 Å². The molecule has 0 saturated carbocycles. The minimum absolute atomic E-state index is 0.0519. The highest BCUT2D eigenvalue weighted by Gasteiger charge is 2.26. The first-order valence-electron chi connectivity index (χ1n) is 8.92. The molecule has 1 N–H and O–H groups in total. The molecule has 7 heteroatoms. The van der Waals surface area contributed by atoms with E-state index in [2.05, 4.69) is 14.7 Å². The molecule has 2 aliphatic rings. The fraction of sp³-hybridized carbons (Fsp3) is 0.286. The second-order valence-corrected chi connectivity index (χ2v) is 6.10. The number of rotatable bonds is 4. The van der Waals surface area contributed by atoms with Crippen LogP contribution in [0.1, 0.15) is 11.1 Å². The van der Waals surface area contributed by atoms with Crippen molar-refractivity contribution in [3.05, 3.63) is 71.8 Å². The Hall–Kier alpha value is -3.19. The van der Waals surface area contributed by atoms with Gasteiger partial charge in [0.25, 0.3) is 0 Å². The van der Waals surface area contributed by atoms with E-state index in [1.54, 1.807) is 0 Å². The molecule has 146 valence electrons. The third-order valence-electron chi connectivity index (χ3n) is 4.09. The average Bonchev–Trinajstić information content (AvgIpc) is 3.45. The number of ether oxygens (including phenoxy) is 3. The van der Waals surface area contributed by atoms with E-state index in [-0.39, 0.29) is 25.2 Å². The molecule has 0 aromatic heterocycles. The summed E-state index contributed by atoms with van der Waals surface area (Å²) in [5, 5.41) is 8.84. The molecule has 0 unspecified atom stereocenters. The zero-order valence-electron chi connectivity index (χ0n) is 15.5. The van der Waals surface area contributed by atoms with Crippen LogP contribution >= 0.6 is 0 Å². The van der Waals surface area contributed by atoms with Crippen molar-refractivity contribution < 1.29 is 24.1 Å². The topological polar surface area (TPSA) is 89.7 Å². The molecule has 0 fully saturated rings. The van der Waals surface area contributed by atoms with Crippen molar-refractivity contribution in [3.8, 4) is 0 Å². The maximum absolute atomic E-state index is 11.2. The fourth-order valence-corrected chi connectivity index (χ4v) is 2.62. The van der Waals surface area contributed by atoms with Gasteiger partial charge in [-0.2, -0.15) is 0 Å². The van der Waals surface area contributed by atoms with Gasteiger partial charge in [-0.1, -0.05) is 36.4 Å². The third kappa shape index (κ3) is 4.95. The van der Waals surface area contributed by atoms with Crippen molar-refractivity contribution in [1.82, 2.24) is 0 Å². The van der Waals surface area contributed by atoms with Crippen LogP contribution in [0, 0.1) is 0 Å². The SMILES string of the molecule is COC(=O)[C@H]1COC(c2ccccc2)=N1.OC[C@H]1COC(c2ccccc2)=N1. The number of esters is 1. The lowest BCUT2D eigenvalue weighted by Gasteiger charge is -2.00. The highest BCUT2D eigenvalue weighted by Crippen LogP contribution is 2.13. The lowest BCUT2D eigenvalue weighted by Crippen LogP contribution is -2.21. The van der Waals surface area contributed by atoms with Crippen LogP contribution in [0.25, 0.3) is 0 Å². The third-order valence-corrected chi connectivity index (χ3v) is 4.09. The number of hydrogen-bond acceptors (Lipinski definition) is 7. The van der Waals surface area contributed by atoms with Crippen LogP contribution in [0.3, 0.4) is 0 Å². The van der Waals surface area contributed by atoms with E-state index < -0.39 is 6.04 Å². The number of aliphatic imine (C=N–C) groups is 2. The summed E-state index contributed by atoms with van der Waals surface area (Å²) in [6, 6.07) is 18.6. The van der Waals surface area contributed by atoms with Gasteiger partial charge in [-0.05, 0) is 24.3 Å². The average molecular weight is 382 g/mol. The van der Waals surface area contributed by atoms with Crippen molar-refractivity contribution in [2.45, 2.75) is 12.1 Å². The Morgan fingerprint density at radius 2 is 1.50 bits per heavy atom. The van der Waals surface area contributed by atoms with E-state index in [9.17, 15) is 4.79 Å². The summed E-state index contributed by atoms with van der Waals surface area (Å²) < 4.78 is 15.2. The summed E-state index contributed by atoms with van der Waals surface area (Å²) in [6.07, 6.45) is 0. The summed E-state index contributed by atoms with van der Waals surface area (Å²) in [5.41, 5.74) is 1.85. The van der Waals surface area contributed by atoms with Gasteiger partial charge in [-0.15, -0.1) is 0 Å². The van der Waals surface area contributed by atoms with Gasteiger partial charge in [-0.25, -0.2) is 14.8 Å². The Kier molecular flexibility index (Phi) is 6.75. The van der Waals surface area contributed by atoms with E-state index >= 15 is 0 Å². The molecule has 2 aromatic rings. The van der Waals surface area contributed by atoms with E-state index in [1.807, 2.05) is 60.7 Å². The molecule has 0 radical (unpaired) electrons. The largest absolute Gasteiger partial charge is 0.475 e. The van der Waals surface area contributed by atoms with Gasteiger partial charge in [0.1, 0.15) is 19.3 Å². The second kappa shape index (κ2) is 9.66. The maximum Gasteiger partial charge on any atom is 0.334 e. The van der Waals surface area contributed by atoms with Gasteiger partial charge in [0.05, 0.1) is 13.7 Å². The van der Waals surface area contributed by atoms with Crippen LogP contribution in [-0.4, -0.2) is 61.9 Å². The van der Waals surface area contributed by atoms with Gasteiger partial charge in [-0.3, -0.25) is 0 Å². The summed E-state index contributed by atoms with van der Waals surface area (Å²) in [4.78, 5) is 19.6. The summed E-state index contributed by atoms with van der Waals surface area (Å²) in [7, 11) is 1.35. The molecule has 2 atom stereocenters. The number of methoxy groups -OCH3 is 1. The Bertz CT molecular complexity index is 836. The molecule has 28 heavy (non-hydrogen) atoms. The first-order valence-corrected chi connectivity index (χ1v) is 8.92. The van der Waals surface area contributed by atoms with Gasteiger partial charge in [0.15, 0.2) is 6.04 Å². The van der Waals surface area contributed by atoms with E-state index in [4.69, 9.17) is 14.6 Å². The molecule has 7 nitrogen and oxygen atoms in total. The lowest BCUT2D eigenvalue weighted by atomic mass is 10.2. The molecule has 0 aliphatic carbocycles. The summed E-state index contributed by atoms with van der Waals surface area (Å²) in [6.45, 7) is 0.800. The summed E-state index contributed by atoms with van der Waals surface area (Å²) in [5.74, 6) is 0.784. The quantitative estimate of drug-likeness (QED) is 0.815. The summed E-state index contributed by atoms with van der Waals surface area (Å²) >= 11 is 0. The first kappa shape index (κ1) is 19.6. The fourth-order valence-electron chi connectivity index (χ4n) is 2.62. The smallest absolute Gasteiger partial charge is 0.334 e. The van der Waals surface area contributed by atoms with E-state index in [0.717, 1.165) is 11.1 Å². The van der Waals surface area contributed by atoms with Crippen LogP contribution in [-0.2, 0) is 19.0 Å². The predicted octanol–water partition coefficient (Wildman–Crippen LogP) is 1.83. The second-order valence-electron chi connectivity index (χ2n) is 6.10. The Morgan fingerprint density at radius 1 is 0.964 bits per heavy atom. The predicted molar refractivity (Wildman–Crippen MR) is 105 cm³/mol. The number of nitrogens with zero attached hydrogens (tertiary/aromatic N) is 2. The molecule has 0 bridgehead atoms. The highest BCUT2D eigenvalue weighted by molar-refractivity contribution is 5.97. The molecule has 4 rings (SSSR count). The Labute approximate surface area is 163 Å². The van der Waals surface area contributed by atoms with Gasteiger partial charge >= 0.3 is 5.97 Å². The van der Waals surface area contributed by atoms with E-state index in [1.165, 1.54) is 7.11 Å². The maximum atomic E-state index is 11.2. The van der Waals surface area contributed by atoms with E-state index in [0.29, 0.717) is 18.4 Å². The van der Waals surface area contributed by atoms with Crippen LogP contribution in [0.2, 0.25) is 0 Å². The monoisotopic (exact) mass is 382 g/mol. The van der Waals surface area contributed by atoms with Crippen molar-refractivity contribution in [2.24, 2.45) is 9.98 Å². The molecular formula is C21H22N2O5. The Morgan fingerprint density at radius 3 is 2.00 bits per heavy atom. The number of aliphatic hydroxyl groups excluding tert-OH is 1. The Balaban J connectivity index is 0.000000162. The molecule has 2 aromatic carbocycles. The van der Waals surface area contributed by atoms with Crippen molar-refractivity contribution >= 4 is 17.8 Å². The number of carbonyl (C=O) groups excluding carboxylic acids is 1. The molecule has 0 saturated heterocycles. The first-order chi connectivity index (χ1) is 13.7. The zero-order valence-corrected chi connectivity index (χ0v) is 15.5. The molecule has 2 aliphatic heterocycles. The highest BCUT2D eigenvalue weighted by atomic mass is 16.5. The number of hydrogen-bond donors (Lipinski definition) is 1. The van der Waals surface area contributed by atoms with Crippen molar-refractivity contribution in [3.63, 3.8) is 0 Å². The molecule has 0 amide bonds. The normalized spacial score (nSPS) is 20.1. The number of carbonyl (C=O) groups is 1. The van der Waals surface area contributed by atoms with Gasteiger partial charge in [0.2, 0.25) is 11.8 Å². The minimum atomic E-state index is -0.523. The van der Waals surface area contributed by atoms with Crippen molar-refractivity contribution in [2.75, 3.05) is 26.9 Å². The van der Waals surface area contributed by atoms with Crippen molar-refractivity contribution in [1.29, 1.82) is 0 Å². The van der Waals surface area contributed by atoms with Crippen LogP contribution < -0.4 is 0 Å². The van der Waals surface area contributed by atoms with Crippen LogP contribution in [0.4, 0.5) is 0 Å². The van der Waals surface area contributed by atoms with Gasteiger partial charge in [0, 0.05) is 11.1 Å².